The Hall–Kier alpha value is -2.84. The Morgan fingerprint density at radius 3 is 2.54 bits per heavy atom. The summed E-state index contributed by atoms with van der Waals surface area (Å²) in [5.41, 5.74) is 6.38. The lowest BCUT2D eigenvalue weighted by atomic mass is 10.0. The molecule has 1 aliphatic heterocycles. The van der Waals surface area contributed by atoms with Crippen molar-refractivity contribution >= 4 is 6.08 Å². The van der Waals surface area contributed by atoms with Gasteiger partial charge >= 0.3 is 0 Å². The zero-order valence-electron chi connectivity index (χ0n) is 14.8. The first-order valence-electron chi connectivity index (χ1n) is 9.16. The molecule has 3 aromatic rings. The van der Waals surface area contributed by atoms with E-state index in [0.29, 0.717) is 0 Å². The maximum absolute atomic E-state index is 5.55. The molecule has 1 N–H and O–H groups in total. The zero-order valence-corrected chi connectivity index (χ0v) is 14.8. The molecule has 0 amide bonds. The van der Waals surface area contributed by atoms with Crippen LogP contribution in [0.5, 0.6) is 5.75 Å². The standard InChI is InChI=1S/C24H23NO/c1-2-6-21(7-3-1)22-11-8-19(9-12-22)5-4-15-25-18-20-10-13-24-23(17-20)14-16-26-24/h1-13,17,25H,14-16,18H2. The second kappa shape index (κ2) is 8.03. The van der Waals surface area contributed by atoms with Crippen LogP contribution in [0.2, 0.25) is 0 Å². The number of hydrogen-bond donors (Lipinski definition) is 1. The summed E-state index contributed by atoms with van der Waals surface area (Å²) in [5, 5.41) is 3.47. The van der Waals surface area contributed by atoms with E-state index in [2.05, 4.69) is 84.2 Å². The van der Waals surface area contributed by atoms with Crippen molar-refractivity contribution < 1.29 is 4.74 Å². The van der Waals surface area contributed by atoms with Crippen LogP contribution in [-0.4, -0.2) is 13.2 Å². The quantitative estimate of drug-likeness (QED) is 0.631. The van der Waals surface area contributed by atoms with Gasteiger partial charge in [-0.1, -0.05) is 78.9 Å². The number of fused-ring (bicyclic) bond motifs is 1. The highest BCUT2D eigenvalue weighted by molar-refractivity contribution is 5.65. The molecule has 4 rings (SSSR count). The van der Waals surface area contributed by atoms with Gasteiger partial charge in [0, 0.05) is 19.5 Å². The van der Waals surface area contributed by atoms with Crippen LogP contribution in [0.3, 0.4) is 0 Å². The fourth-order valence-electron chi connectivity index (χ4n) is 3.26. The highest BCUT2D eigenvalue weighted by Gasteiger charge is 2.11. The van der Waals surface area contributed by atoms with Gasteiger partial charge in [-0.3, -0.25) is 0 Å². The third-order valence-corrected chi connectivity index (χ3v) is 4.67. The van der Waals surface area contributed by atoms with Gasteiger partial charge in [0.15, 0.2) is 0 Å². The fraction of sp³-hybridized carbons (Fsp3) is 0.167. The summed E-state index contributed by atoms with van der Waals surface area (Å²) in [4.78, 5) is 0. The topological polar surface area (TPSA) is 21.3 Å². The molecule has 0 aromatic heterocycles. The molecule has 26 heavy (non-hydrogen) atoms. The molecule has 130 valence electrons. The molecule has 0 saturated carbocycles. The molecule has 0 atom stereocenters. The van der Waals surface area contributed by atoms with Crippen molar-refractivity contribution in [3.63, 3.8) is 0 Å². The van der Waals surface area contributed by atoms with Crippen molar-refractivity contribution in [2.24, 2.45) is 0 Å². The smallest absolute Gasteiger partial charge is 0.122 e. The average molecular weight is 341 g/mol. The van der Waals surface area contributed by atoms with E-state index in [4.69, 9.17) is 4.74 Å². The maximum Gasteiger partial charge on any atom is 0.122 e. The molecule has 0 bridgehead atoms. The normalized spacial score (nSPS) is 12.9. The van der Waals surface area contributed by atoms with Crippen molar-refractivity contribution in [1.29, 1.82) is 0 Å². The Balaban J connectivity index is 1.27. The second-order valence-electron chi connectivity index (χ2n) is 6.56. The third kappa shape index (κ3) is 4.04. The number of ether oxygens (including phenoxy) is 1. The monoisotopic (exact) mass is 341 g/mol. The molecule has 0 fully saturated rings. The molecule has 0 saturated heterocycles. The van der Waals surface area contributed by atoms with E-state index in [1.165, 1.54) is 27.8 Å². The molecule has 0 spiro atoms. The van der Waals surface area contributed by atoms with Crippen LogP contribution in [0.4, 0.5) is 0 Å². The van der Waals surface area contributed by atoms with Crippen LogP contribution in [-0.2, 0) is 13.0 Å². The minimum absolute atomic E-state index is 0.817. The summed E-state index contributed by atoms with van der Waals surface area (Å²) < 4.78 is 5.55. The fourth-order valence-corrected chi connectivity index (χ4v) is 3.26. The molecule has 1 heterocycles. The minimum Gasteiger partial charge on any atom is -0.493 e. The molecule has 0 unspecified atom stereocenters. The van der Waals surface area contributed by atoms with Crippen LogP contribution in [0.1, 0.15) is 16.7 Å². The lowest BCUT2D eigenvalue weighted by Crippen LogP contribution is -2.12. The molecule has 0 radical (unpaired) electrons. The number of rotatable bonds is 6. The van der Waals surface area contributed by atoms with E-state index < -0.39 is 0 Å². The number of nitrogens with one attached hydrogen (secondary N) is 1. The van der Waals surface area contributed by atoms with E-state index in [1.807, 2.05) is 6.07 Å². The summed E-state index contributed by atoms with van der Waals surface area (Å²) in [6.07, 6.45) is 5.37. The van der Waals surface area contributed by atoms with Crippen molar-refractivity contribution in [1.82, 2.24) is 5.32 Å². The van der Waals surface area contributed by atoms with Gasteiger partial charge in [0.1, 0.15) is 5.75 Å². The number of benzene rings is 3. The van der Waals surface area contributed by atoms with Gasteiger partial charge in [0.05, 0.1) is 6.61 Å². The zero-order chi connectivity index (χ0) is 17.6. The summed E-state index contributed by atoms with van der Waals surface area (Å²) >= 11 is 0. The Kier molecular flexibility index (Phi) is 5.13. The van der Waals surface area contributed by atoms with Crippen LogP contribution in [0.25, 0.3) is 17.2 Å². The van der Waals surface area contributed by atoms with Crippen LogP contribution < -0.4 is 10.1 Å². The van der Waals surface area contributed by atoms with Gasteiger partial charge in [-0.15, -0.1) is 0 Å². The van der Waals surface area contributed by atoms with Crippen molar-refractivity contribution in [3.05, 3.63) is 95.6 Å². The van der Waals surface area contributed by atoms with Gasteiger partial charge < -0.3 is 10.1 Å². The first kappa shape index (κ1) is 16.6. The lowest BCUT2D eigenvalue weighted by Gasteiger charge is -2.05. The van der Waals surface area contributed by atoms with E-state index in [-0.39, 0.29) is 0 Å². The highest BCUT2D eigenvalue weighted by Crippen LogP contribution is 2.25. The first-order valence-corrected chi connectivity index (χ1v) is 9.16. The summed E-state index contributed by atoms with van der Waals surface area (Å²) in [6, 6.07) is 25.6. The summed E-state index contributed by atoms with van der Waals surface area (Å²) in [6.45, 7) is 2.55. The Morgan fingerprint density at radius 1 is 0.885 bits per heavy atom. The predicted octanol–water partition coefficient (Wildman–Crippen LogP) is 5.09. The van der Waals surface area contributed by atoms with E-state index >= 15 is 0 Å². The third-order valence-electron chi connectivity index (χ3n) is 4.67. The SMILES string of the molecule is C(=Cc1ccc(-c2ccccc2)cc1)CNCc1ccc2c(c1)CCO2. The highest BCUT2D eigenvalue weighted by atomic mass is 16.5. The largest absolute Gasteiger partial charge is 0.493 e. The Labute approximate surface area is 155 Å². The van der Waals surface area contributed by atoms with Crippen molar-refractivity contribution in [2.75, 3.05) is 13.2 Å². The van der Waals surface area contributed by atoms with Gasteiger partial charge in [-0.25, -0.2) is 0 Å². The van der Waals surface area contributed by atoms with Crippen LogP contribution in [0.15, 0.2) is 78.9 Å². The lowest BCUT2D eigenvalue weighted by molar-refractivity contribution is 0.357. The van der Waals surface area contributed by atoms with Gasteiger partial charge in [0.25, 0.3) is 0 Å². The average Bonchev–Trinajstić information content (AvgIpc) is 3.17. The summed E-state index contributed by atoms with van der Waals surface area (Å²) in [5.74, 6) is 1.05. The molecule has 2 heteroatoms. The van der Waals surface area contributed by atoms with Gasteiger partial charge in [-0.2, -0.15) is 0 Å². The maximum atomic E-state index is 5.55. The molecule has 2 nitrogen and oxygen atoms in total. The minimum atomic E-state index is 0.817. The van der Waals surface area contributed by atoms with Crippen molar-refractivity contribution in [2.45, 2.75) is 13.0 Å². The molecular formula is C24H23NO. The van der Waals surface area contributed by atoms with Gasteiger partial charge in [0.2, 0.25) is 0 Å². The van der Waals surface area contributed by atoms with Crippen molar-refractivity contribution in [3.8, 4) is 16.9 Å². The van der Waals surface area contributed by atoms with E-state index in [0.717, 1.165) is 31.9 Å². The Bertz CT molecular complexity index is 882. The summed E-state index contributed by atoms with van der Waals surface area (Å²) in [7, 11) is 0. The van der Waals surface area contributed by atoms with E-state index in [9.17, 15) is 0 Å². The molecule has 1 aliphatic rings. The molecule has 3 aromatic carbocycles. The molecule has 0 aliphatic carbocycles. The Morgan fingerprint density at radius 2 is 1.69 bits per heavy atom. The van der Waals surface area contributed by atoms with Crippen LogP contribution >= 0.6 is 0 Å². The number of hydrogen-bond acceptors (Lipinski definition) is 2. The molecular weight excluding hydrogens is 318 g/mol. The van der Waals surface area contributed by atoms with Gasteiger partial charge in [-0.05, 0) is 33.9 Å². The first-order chi connectivity index (χ1) is 12.9. The predicted molar refractivity (Wildman–Crippen MR) is 108 cm³/mol. The second-order valence-corrected chi connectivity index (χ2v) is 6.56. The van der Waals surface area contributed by atoms with E-state index in [1.54, 1.807) is 0 Å². The van der Waals surface area contributed by atoms with Crippen LogP contribution in [0, 0.1) is 0 Å².